The van der Waals surface area contributed by atoms with E-state index in [2.05, 4.69) is 10.3 Å². The van der Waals surface area contributed by atoms with Gasteiger partial charge >= 0.3 is 6.18 Å². The summed E-state index contributed by atoms with van der Waals surface area (Å²) in [5, 5.41) is 3.28. The number of hydrogen-bond donors (Lipinski definition) is 1. The molecule has 1 fully saturated rings. The van der Waals surface area contributed by atoms with Crippen molar-refractivity contribution >= 4 is 17.4 Å². The largest absolute Gasteiger partial charge is 0.401 e. The number of likely N-dealkylation sites (tertiary alicyclic amines) is 1. The van der Waals surface area contributed by atoms with Crippen molar-refractivity contribution in [2.75, 3.05) is 42.9 Å². The lowest BCUT2D eigenvalue weighted by atomic mass is 9.96. The lowest BCUT2D eigenvalue weighted by Crippen LogP contribution is -2.41. The number of nitrogens with zero attached hydrogens (tertiary/aromatic N) is 3. The van der Waals surface area contributed by atoms with Crippen LogP contribution >= 0.6 is 0 Å². The number of amides is 1. The first-order valence-corrected chi connectivity index (χ1v) is 10.3. The number of pyridine rings is 1. The number of alkyl halides is 3. The predicted octanol–water partition coefficient (Wildman–Crippen LogP) is 3.97. The van der Waals surface area contributed by atoms with E-state index in [4.69, 9.17) is 0 Å². The number of anilines is 2. The lowest BCUT2D eigenvalue weighted by molar-refractivity contribution is -0.148. The molecule has 0 unspecified atom stereocenters. The molecule has 3 heterocycles. The van der Waals surface area contributed by atoms with Crippen LogP contribution in [-0.2, 0) is 6.42 Å². The Morgan fingerprint density at radius 3 is 2.63 bits per heavy atom. The Labute approximate surface area is 173 Å². The monoisotopic (exact) mass is 418 g/mol. The molecule has 30 heavy (non-hydrogen) atoms. The summed E-state index contributed by atoms with van der Waals surface area (Å²) in [5.74, 6) is 0.701. The number of halogens is 3. The molecule has 2 aliphatic heterocycles. The first kappa shape index (κ1) is 20.7. The number of rotatable bonds is 5. The molecule has 160 valence electrons. The molecule has 0 aliphatic carbocycles. The zero-order valence-corrected chi connectivity index (χ0v) is 16.7. The molecule has 0 atom stereocenters. The van der Waals surface area contributed by atoms with E-state index in [-0.39, 0.29) is 11.8 Å². The molecule has 0 radical (unpaired) electrons. The normalized spacial score (nSPS) is 17.8. The smallest absolute Gasteiger partial charge is 0.369 e. The molecule has 2 aromatic rings. The SMILES string of the molecule is O=C(c1cccnc1NCC1CCN(CC(F)(F)F)CC1)N1CCc2ccccc21. The molecule has 1 aromatic carbocycles. The van der Waals surface area contributed by atoms with E-state index in [1.54, 1.807) is 23.2 Å². The maximum atomic E-state index is 13.2. The van der Waals surface area contributed by atoms with E-state index in [0.29, 0.717) is 50.4 Å². The first-order chi connectivity index (χ1) is 14.4. The molecule has 1 amide bonds. The topological polar surface area (TPSA) is 48.5 Å². The van der Waals surface area contributed by atoms with E-state index in [1.165, 1.54) is 4.90 Å². The fraction of sp³-hybridized carbons (Fsp3) is 0.455. The first-order valence-electron chi connectivity index (χ1n) is 10.3. The van der Waals surface area contributed by atoms with Crippen LogP contribution in [0.25, 0.3) is 0 Å². The highest BCUT2D eigenvalue weighted by atomic mass is 19.4. The van der Waals surface area contributed by atoms with Gasteiger partial charge in [0.2, 0.25) is 0 Å². The van der Waals surface area contributed by atoms with Crippen LogP contribution in [0, 0.1) is 5.92 Å². The van der Waals surface area contributed by atoms with E-state index in [1.807, 2.05) is 24.3 Å². The maximum Gasteiger partial charge on any atom is 0.401 e. The Hall–Kier alpha value is -2.61. The third-order valence-corrected chi connectivity index (χ3v) is 5.84. The van der Waals surface area contributed by atoms with Gasteiger partial charge in [0.05, 0.1) is 12.1 Å². The van der Waals surface area contributed by atoms with Crippen LogP contribution in [0.3, 0.4) is 0 Å². The second kappa shape index (κ2) is 8.63. The van der Waals surface area contributed by atoms with Crippen molar-refractivity contribution in [2.45, 2.75) is 25.4 Å². The third-order valence-electron chi connectivity index (χ3n) is 5.84. The predicted molar refractivity (Wildman–Crippen MR) is 110 cm³/mol. The van der Waals surface area contributed by atoms with Gasteiger partial charge in [-0.05, 0) is 62.0 Å². The summed E-state index contributed by atoms with van der Waals surface area (Å²) in [4.78, 5) is 20.8. The minimum absolute atomic E-state index is 0.0875. The van der Waals surface area contributed by atoms with Crippen molar-refractivity contribution in [3.05, 3.63) is 53.7 Å². The average molecular weight is 418 g/mol. The second-order valence-electron chi connectivity index (χ2n) is 7.95. The number of para-hydroxylation sites is 1. The number of carbonyl (C=O) groups is 1. The third kappa shape index (κ3) is 4.75. The molecule has 0 spiro atoms. The Kier molecular flexibility index (Phi) is 5.94. The number of benzene rings is 1. The van der Waals surface area contributed by atoms with Gasteiger partial charge in [0.25, 0.3) is 5.91 Å². The van der Waals surface area contributed by atoms with Crippen LogP contribution in [-0.4, -0.2) is 54.7 Å². The van der Waals surface area contributed by atoms with Crippen LogP contribution in [0.4, 0.5) is 24.7 Å². The highest BCUT2D eigenvalue weighted by molar-refractivity contribution is 6.10. The summed E-state index contributed by atoms with van der Waals surface area (Å²) in [5.41, 5.74) is 2.62. The summed E-state index contributed by atoms with van der Waals surface area (Å²) < 4.78 is 37.6. The number of nitrogens with one attached hydrogen (secondary N) is 1. The van der Waals surface area contributed by atoms with Crippen LogP contribution in [0.2, 0.25) is 0 Å². The van der Waals surface area contributed by atoms with Crippen LogP contribution in [0.15, 0.2) is 42.6 Å². The molecule has 5 nitrogen and oxygen atoms in total. The highest BCUT2D eigenvalue weighted by Gasteiger charge is 2.32. The minimum atomic E-state index is -4.15. The van der Waals surface area contributed by atoms with Crippen molar-refractivity contribution in [1.29, 1.82) is 0 Å². The molecule has 0 bridgehead atoms. The molecular formula is C22H25F3N4O. The van der Waals surface area contributed by atoms with Gasteiger partial charge in [-0.2, -0.15) is 13.2 Å². The fourth-order valence-corrected chi connectivity index (χ4v) is 4.26. The molecule has 1 aromatic heterocycles. The summed E-state index contributed by atoms with van der Waals surface area (Å²) >= 11 is 0. The van der Waals surface area contributed by atoms with Gasteiger partial charge in [-0.1, -0.05) is 18.2 Å². The summed E-state index contributed by atoms with van der Waals surface area (Å²) in [6, 6.07) is 11.4. The molecule has 0 saturated carbocycles. The quantitative estimate of drug-likeness (QED) is 0.798. The van der Waals surface area contributed by atoms with Crippen LogP contribution < -0.4 is 10.2 Å². The lowest BCUT2D eigenvalue weighted by Gasteiger charge is -2.32. The van der Waals surface area contributed by atoms with Gasteiger partial charge in [-0.3, -0.25) is 9.69 Å². The van der Waals surface area contributed by atoms with Gasteiger partial charge in [0, 0.05) is 25.0 Å². The molecule has 2 aliphatic rings. The Morgan fingerprint density at radius 2 is 1.87 bits per heavy atom. The number of piperidine rings is 1. The summed E-state index contributed by atoms with van der Waals surface area (Å²) in [6.45, 7) is 1.26. The van der Waals surface area contributed by atoms with Gasteiger partial charge in [0.1, 0.15) is 5.82 Å². The fourth-order valence-electron chi connectivity index (χ4n) is 4.26. The number of aromatic nitrogens is 1. The second-order valence-corrected chi connectivity index (χ2v) is 7.95. The maximum absolute atomic E-state index is 13.2. The van der Waals surface area contributed by atoms with E-state index in [9.17, 15) is 18.0 Å². The van der Waals surface area contributed by atoms with Gasteiger partial charge in [-0.25, -0.2) is 4.98 Å². The molecular weight excluding hydrogens is 393 g/mol. The summed E-state index contributed by atoms with van der Waals surface area (Å²) in [7, 11) is 0. The van der Waals surface area contributed by atoms with Gasteiger partial charge < -0.3 is 10.2 Å². The van der Waals surface area contributed by atoms with Crippen molar-refractivity contribution in [3.63, 3.8) is 0 Å². The highest BCUT2D eigenvalue weighted by Crippen LogP contribution is 2.30. The number of hydrogen-bond acceptors (Lipinski definition) is 4. The number of carbonyl (C=O) groups excluding carboxylic acids is 1. The van der Waals surface area contributed by atoms with Crippen LogP contribution in [0.5, 0.6) is 0 Å². The Bertz CT molecular complexity index is 894. The average Bonchev–Trinajstić information content (AvgIpc) is 3.16. The molecule has 1 saturated heterocycles. The van der Waals surface area contributed by atoms with E-state index < -0.39 is 12.7 Å². The van der Waals surface area contributed by atoms with Crippen molar-refractivity contribution in [2.24, 2.45) is 5.92 Å². The Balaban J connectivity index is 1.37. The van der Waals surface area contributed by atoms with Gasteiger partial charge in [-0.15, -0.1) is 0 Å². The van der Waals surface area contributed by atoms with Crippen LogP contribution in [0.1, 0.15) is 28.8 Å². The summed E-state index contributed by atoms with van der Waals surface area (Å²) in [6.07, 6.45) is -0.287. The standard InChI is InChI=1S/C22H25F3N4O/c23-22(24,25)15-28-11-7-16(8-12-28)14-27-20-18(5-3-10-26-20)21(30)29-13-9-17-4-1-2-6-19(17)29/h1-6,10,16H,7-9,11-15H2,(H,26,27). The van der Waals surface area contributed by atoms with Crippen molar-refractivity contribution < 1.29 is 18.0 Å². The van der Waals surface area contributed by atoms with Crippen molar-refractivity contribution in [1.82, 2.24) is 9.88 Å². The minimum Gasteiger partial charge on any atom is -0.369 e. The van der Waals surface area contributed by atoms with E-state index in [0.717, 1.165) is 17.7 Å². The van der Waals surface area contributed by atoms with Gasteiger partial charge in [0.15, 0.2) is 0 Å². The number of fused-ring (bicyclic) bond motifs is 1. The Morgan fingerprint density at radius 1 is 1.10 bits per heavy atom. The molecule has 1 N–H and O–H groups in total. The van der Waals surface area contributed by atoms with E-state index >= 15 is 0 Å². The van der Waals surface area contributed by atoms with Crippen molar-refractivity contribution in [3.8, 4) is 0 Å². The molecule has 4 rings (SSSR count). The zero-order valence-electron chi connectivity index (χ0n) is 16.7. The zero-order chi connectivity index (χ0) is 21.1. The molecule has 8 heteroatoms.